The number of rotatable bonds is 6. The van der Waals surface area contributed by atoms with Crippen molar-refractivity contribution < 1.29 is 33.4 Å². The van der Waals surface area contributed by atoms with Crippen molar-refractivity contribution in [2.75, 3.05) is 13.2 Å². The fraction of sp³-hybridized carbons (Fsp3) is 0.900. The highest BCUT2D eigenvalue weighted by Crippen LogP contribution is 2.53. The average Bonchev–Trinajstić information content (AvgIpc) is 2.12. The molecule has 0 aliphatic heterocycles. The predicted octanol–water partition coefficient (Wildman–Crippen LogP) is 1.23. The number of carbonyl (C=O) groups is 1. The molecule has 0 unspecified atom stereocenters. The summed E-state index contributed by atoms with van der Waals surface area (Å²) in [5.74, 6) is -1.23. The minimum atomic E-state index is -5.00. The highest BCUT2D eigenvalue weighted by atomic mass is 31.2. The molecule has 0 bridgehead atoms. The topological polar surface area (TPSA) is 102 Å². The van der Waals surface area contributed by atoms with Crippen LogP contribution in [0.5, 0.6) is 0 Å². The van der Waals surface area contributed by atoms with E-state index < -0.39 is 24.7 Å². The summed E-state index contributed by atoms with van der Waals surface area (Å²) in [6.45, 7) is 7.50. The van der Waals surface area contributed by atoms with E-state index in [2.05, 4.69) is 0 Å². The molecule has 0 aliphatic carbocycles. The molecule has 0 aromatic heterocycles. The molecule has 0 rings (SSSR count). The molecule has 0 aromatic rings. The molecular formula is C10H21O7P. The van der Waals surface area contributed by atoms with Crippen LogP contribution in [-0.4, -0.2) is 40.1 Å². The quantitative estimate of drug-likeness (QED) is 0.429. The largest absolute Gasteiger partial charge is 0.455 e. The molecule has 0 fully saturated rings. The highest BCUT2D eigenvalue weighted by molar-refractivity contribution is 7.54. The summed E-state index contributed by atoms with van der Waals surface area (Å²) in [7, 11) is -5.00. The van der Waals surface area contributed by atoms with Crippen molar-refractivity contribution in [2.45, 2.75) is 45.7 Å². The molecule has 0 aromatic carbocycles. The molecular weight excluding hydrogens is 263 g/mol. The molecule has 0 spiro atoms. The van der Waals surface area contributed by atoms with Gasteiger partial charge in [-0.3, -0.25) is 4.57 Å². The summed E-state index contributed by atoms with van der Waals surface area (Å²) in [4.78, 5) is 30.6. The van der Waals surface area contributed by atoms with Crippen LogP contribution in [-0.2, 0) is 23.6 Å². The molecule has 0 aliphatic rings. The number of ether oxygens (including phenoxy) is 3. The molecule has 8 heteroatoms. The Bertz CT molecular complexity index is 322. The van der Waals surface area contributed by atoms with Crippen LogP contribution >= 0.6 is 7.60 Å². The maximum atomic E-state index is 11.9. The second-order valence-corrected chi connectivity index (χ2v) is 6.17. The zero-order valence-corrected chi connectivity index (χ0v) is 12.2. The van der Waals surface area contributed by atoms with Crippen LogP contribution in [0.1, 0.15) is 34.6 Å². The van der Waals surface area contributed by atoms with Gasteiger partial charge in [-0.25, -0.2) is 4.79 Å². The Hall–Kier alpha value is -0.460. The van der Waals surface area contributed by atoms with Crippen molar-refractivity contribution in [2.24, 2.45) is 0 Å². The van der Waals surface area contributed by atoms with Gasteiger partial charge in [0, 0.05) is 13.2 Å². The molecule has 0 saturated carbocycles. The number of carbonyl (C=O) groups excluding carboxylic acids is 1. The summed E-state index contributed by atoms with van der Waals surface area (Å²) in [6.07, 6.45) is 0. The third-order valence-corrected chi connectivity index (χ3v) is 2.93. The molecule has 0 atom stereocenters. The molecule has 7 nitrogen and oxygen atoms in total. The smallest absolute Gasteiger partial charge is 0.397 e. The van der Waals surface area contributed by atoms with Crippen LogP contribution < -0.4 is 0 Å². The molecule has 0 saturated heterocycles. The second kappa shape index (κ2) is 6.12. The molecule has 108 valence electrons. The molecule has 0 radical (unpaired) electrons. The van der Waals surface area contributed by atoms with Gasteiger partial charge < -0.3 is 24.0 Å². The molecule has 0 heterocycles. The van der Waals surface area contributed by atoms with Crippen molar-refractivity contribution in [1.82, 2.24) is 0 Å². The lowest BCUT2D eigenvalue weighted by atomic mass is 10.2. The SMILES string of the molecule is CCOC(OCC)(C(=O)OC(C)(C)C)P(=O)(O)O. The normalized spacial score (nSPS) is 13.5. The van der Waals surface area contributed by atoms with Crippen LogP contribution in [0.2, 0.25) is 0 Å². The maximum Gasteiger partial charge on any atom is 0.397 e. The highest BCUT2D eigenvalue weighted by Gasteiger charge is 2.59. The van der Waals surface area contributed by atoms with E-state index in [1.54, 1.807) is 20.8 Å². The van der Waals surface area contributed by atoms with Gasteiger partial charge in [-0.15, -0.1) is 0 Å². The van der Waals surface area contributed by atoms with Gasteiger partial charge in [-0.05, 0) is 34.6 Å². The van der Waals surface area contributed by atoms with E-state index in [0.29, 0.717) is 0 Å². The lowest BCUT2D eigenvalue weighted by Crippen LogP contribution is -2.47. The Labute approximate surface area is 107 Å². The van der Waals surface area contributed by atoms with E-state index in [9.17, 15) is 19.1 Å². The van der Waals surface area contributed by atoms with E-state index in [-0.39, 0.29) is 13.2 Å². The second-order valence-electron chi connectivity index (χ2n) is 4.49. The molecule has 2 N–H and O–H groups in total. The lowest BCUT2D eigenvalue weighted by molar-refractivity contribution is -0.224. The van der Waals surface area contributed by atoms with Gasteiger partial charge >= 0.3 is 19.1 Å². The van der Waals surface area contributed by atoms with Gasteiger partial charge in [-0.2, -0.15) is 0 Å². The van der Waals surface area contributed by atoms with Gasteiger partial charge in [0.05, 0.1) is 0 Å². The summed E-state index contributed by atoms with van der Waals surface area (Å²) < 4.78 is 26.2. The van der Waals surface area contributed by atoms with Gasteiger partial charge in [-0.1, -0.05) is 0 Å². The Morgan fingerprint density at radius 1 is 1.11 bits per heavy atom. The van der Waals surface area contributed by atoms with Crippen LogP contribution in [0.4, 0.5) is 0 Å². The number of esters is 1. The first-order valence-corrected chi connectivity index (χ1v) is 7.18. The van der Waals surface area contributed by atoms with Crippen molar-refractivity contribution in [3.05, 3.63) is 0 Å². The van der Waals surface area contributed by atoms with Crippen molar-refractivity contribution in [3.8, 4) is 0 Å². The number of hydrogen-bond donors (Lipinski definition) is 2. The first kappa shape index (κ1) is 17.5. The van der Waals surface area contributed by atoms with Crippen LogP contribution in [0, 0.1) is 0 Å². The maximum absolute atomic E-state index is 11.9. The zero-order valence-electron chi connectivity index (χ0n) is 11.3. The van der Waals surface area contributed by atoms with Crippen LogP contribution in [0.3, 0.4) is 0 Å². The van der Waals surface area contributed by atoms with Crippen molar-refractivity contribution >= 4 is 13.6 Å². The van der Waals surface area contributed by atoms with E-state index in [1.165, 1.54) is 13.8 Å². The molecule has 0 amide bonds. The lowest BCUT2D eigenvalue weighted by Gasteiger charge is -2.33. The van der Waals surface area contributed by atoms with Gasteiger partial charge in [0.2, 0.25) is 0 Å². The first-order valence-electron chi connectivity index (χ1n) is 5.57. The Morgan fingerprint density at radius 3 is 1.72 bits per heavy atom. The van der Waals surface area contributed by atoms with E-state index in [4.69, 9.17) is 14.2 Å². The summed E-state index contributed by atoms with van der Waals surface area (Å²) in [5, 5.41) is 0. The number of hydrogen-bond acceptors (Lipinski definition) is 5. The third-order valence-electron chi connectivity index (χ3n) is 1.72. The van der Waals surface area contributed by atoms with E-state index in [0.717, 1.165) is 0 Å². The minimum Gasteiger partial charge on any atom is -0.455 e. The van der Waals surface area contributed by atoms with Gasteiger partial charge in [0.1, 0.15) is 5.60 Å². The Morgan fingerprint density at radius 2 is 1.50 bits per heavy atom. The predicted molar refractivity (Wildman–Crippen MR) is 63.9 cm³/mol. The monoisotopic (exact) mass is 284 g/mol. The summed E-state index contributed by atoms with van der Waals surface area (Å²) in [5.41, 5.74) is -3.60. The van der Waals surface area contributed by atoms with E-state index >= 15 is 0 Å². The third kappa shape index (κ3) is 4.33. The average molecular weight is 284 g/mol. The van der Waals surface area contributed by atoms with Crippen LogP contribution in [0.15, 0.2) is 0 Å². The van der Waals surface area contributed by atoms with Crippen molar-refractivity contribution in [1.29, 1.82) is 0 Å². The van der Waals surface area contributed by atoms with Gasteiger partial charge in [0.15, 0.2) is 0 Å². The fourth-order valence-corrected chi connectivity index (χ4v) is 2.06. The van der Waals surface area contributed by atoms with Gasteiger partial charge in [0.25, 0.3) is 0 Å². The minimum absolute atomic E-state index is 0.107. The Kier molecular flexibility index (Phi) is 5.97. The zero-order chi connectivity index (χ0) is 14.6. The molecule has 18 heavy (non-hydrogen) atoms. The first-order chi connectivity index (χ1) is 8.00. The van der Waals surface area contributed by atoms with Crippen LogP contribution in [0.25, 0.3) is 0 Å². The summed E-state index contributed by atoms with van der Waals surface area (Å²) in [6, 6.07) is 0. The standard InChI is InChI=1S/C10H21O7P/c1-6-15-10(16-7-2,18(12,13)14)8(11)17-9(3,4)5/h6-7H2,1-5H3,(H2,12,13,14). The Balaban J connectivity index is 5.43. The van der Waals surface area contributed by atoms with Crippen molar-refractivity contribution in [3.63, 3.8) is 0 Å². The fourth-order valence-electron chi connectivity index (χ4n) is 1.18. The summed E-state index contributed by atoms with van der Waals surface area (Å²) >= 11 is 0. The van der Waals surface area contributed by atoms with E-state index in [1.807, 2.05) is 0 Å².